The standard InChI is InChI=1S/C21H19FN4O5/c1-11(27)23-10-16(28)25-20-15-8-13(7-12-3-5-14(22)6-4-12)9-24-17(15)19(29)18(26-20)21(30)31-2/h3-6,8-9,29H,7,10H2,1-2H3,(H,23,27)(H,25,26,28). The van der Waals surface area contributed by atoms with Gasteiger partial charge in [0.05, 0.1) is 13.7 Å². The highest BCUT2D eigenvalue weighted by Gasteiger charge is 2.22. The molecule has 0 unspecified atom stereocenters. The number of pyridine rings is 2. The maximum Gasteiger partial charge on any atom is 0.360 e. The number of nitrogens with one attached hydrogen (secondary N) is 2. The Labute approximate surface area is 176 Å². The topological polar surface area (TPSA) is 131 Å². The number of anilines is 1. The number of aromatic hydroxyl groups is 1. The fourth-order valence-corrected chi connectivity index (χ4v) is 2.86. The Kier molecular flexibility index (Phi) is 6.39. The van der Waals surface area contributed by atoms with Gasteiger partial charge in [-0.25, -0.2) is 14.2 Å². The molecule has 2 amide bonds. The van der Waals surface area contributed by atoms with Gasteiger partial charge in [0.1, 0.15) is 17.2 Å². The SMILES string of the molecule is COC(=O)c1nc(NC(=O)CNC(C)=O)c2cc(Cc3ccc(F)cc3)cnc2c1O. The molecule has 2 aromatic heterocycles. The maximum atomic E-state index is 13.1. The van der Waals surface area contributed by atoms with Crippen molar-refractivity contribution in [1.29, 1.82) is 0 Å². The molecule has 0 aliphatic heterocycles. The van der Waals surface area contributed by atoms with Gasteiger partial charge in [0.25, 0.3) is 0 Å². The predicted octanol–water partition coefficient (Wildman–Crippen LogP) is 1.93. The second kappa shape index (κ2) is 9.16. The quantitative estimate of drug-likeness (QED) is 0.513. The summed E-state index contributed by atoms with van der Waals surface area (Å²) in [6.07, 6.45) is 1.90. The highest BCUT2D eigenvalue weighted by atomic mass is 19.1. The van der Waals surface area contributed by atoms with Crippen molar-refractivity contribution < 1.29 is 28.6 Å². The minimum absolute atomic E-state index is 0.0305. The van der Waals surface area contributed by atoms with Crippen LogP contribution in [0, 0.1) is 5.82 Å². The highest BCUT2D eigenvalue weighted by molar-refractivity contribution is 6.06. The van der Waals surface area contributed by atoms with Crippen LogP contribution in [0.2, 0.25) is 0 Å². The lowest BCUT2D eigenvalue weighted by atomic mass is 10.0. The number of benzene rings is 1. The summed E-state index contributed by atoms with van der Waals surface area (Å²) in [5.74, 6) is -2.76. The molecule has 3 aromatic rings. The lowest BCUT2D eigenvalue weighted by Crippen LogP contribution is -2.31. The van der Waals surface area contributed by atoms with Gasteiger partial charge < -0.3 is 20.5 Å². The summed E-state index contributed by atoms with van der Waals surface area (Å²) in [7, 11) is 1.13. The number of aromatic nitrogens is 2. The molecule has 10 heteroatoms. The molecule has 0 bridgehead atoms. The van der Waals surface area contributed by atoms with Crippen LogP contribution in [0.3, 0.4) is 0 Å². The lowest BCUT2D eigenvalue weighted by Gasteiger charge is -2.13. The number of amides is 2. The zero-order valence-corrected chi connectivity index (χ0v) is 16.7. The number of hydrogen-bond acceptors (Lipinski definition) is 7. The minimum atomic E-state index is -0.908. The van der Waals surface area contributed by atoms with Crippen molar-refractivity contribution in [2.45, 2.75) is 13.3 Å². The van der Waals surface area contributed by atoms with Crippen molar-refractivity contribution in [2.75, 3.05) is 19.0 Å². The van der Waals surface area contributed by atoms with E-state index in [-0.39, 0.29) is 29.1 Å². The molecule has 2 heterocycles. The molecule has 0 atom stereocenters. The van der Waals surface area contributed by atoms with E-state index in [9.17, 15) is 23.9 Å². The molecule has 3 N–H and O–H groups in total. The first-order valence-electron chi connectivity index (χ1n) is 9.17. The number of esters is 1. The third-order valence-electron chi connectivity index (χ3n) is 4.33. The largest absolute Gasteiger partial charge is 0.504 e. The van der Waals surface area contributed by atoms with Crippen molar-refractivity contribution in [3.63, 3.8) is 0 Å². The highest BCUT2D eigenvalue weighted by Crippen LogP contribution is 2.32. The van der Waals surface area contributed by atoms with Gasteiger partial charge in [-0.1, -0.05) is 12.1 Å². The van der Waals surface area contributed by atoms with E-state index >= 15 is 0 Å². The first-order chi connectivity index (χ1) is 14.8. The average molecular weight is 426 g/mol. The summed E-state index contributed by atoms with van der Waals surface area (Å²) in [5, 5.41) is 15.6. The van der Waals surface area contributed by atoms with Crippen molar-refractivity contribution in [3.05, 3.63) is 59.2 Å². The van der Waals surface area contributed by atoms with Crippen molar-refractivity contribution >= 4 is 34.5 Å². The van der Waals surface area contributed by atoms with E-state index in [1.165, 1.54) is 25.3 Å². The van der Waals surface area contributed by atoms with Gasteiger partial charge in [-0.15, -0.1) is 0 Å². The number of carbonyl (C=O) groups is 3. The smallest absolute Gasteiger partial charge is 0.360 e. The Hall–Kier alpha value is -4.08. The molecule has 160 valence electrons. The maximum absolute atomic E-state index is 13.1. The van der Waals surface area contributed by atoms with Crippen LogP contribution < -0.4 is 10.6 Å². The normalized spacial score (nSPS) is 10.5. The second-order valence-electron chi connectivity index (χ2n) is 6.65. The van der Waals surface area contributed by atoms with Gasteiger partial charge in [-0.3, -0.25) is 14.6 Å². The first kappa shape index (κ1) is 21.6. The number of ether oxygens (including phenoxy) is 1. The van der Waals surface area contributed by atoms with Crippen LogP contribution in [0.5, 0.6) is 5.75 Å². The van der Waals surface area contributed by atoms with E-state index in [4.69, 9.17) is 0 Å². The van der Waals surface area contributed by atoms with Gasteiger partial charge in [0, 0.05) is 18.5 Å². The van der Waals surface area contributed by atoms with Crippen molar-refractivity contribution in [3.8, 4) is 5.75 Å². The van der Waals surface area contributed by atoms with E-state index in [0.717, 1.165) is 12.7 Å². The van der Waals surface area contributed by atoms with Crippen LogP contribution in [0.25, 0.3) is 10.9 Å². The lowest BCUT2D eigenvalue weighted by molar-refractivity contribution is -0.122. The number of fused-ring (bicyclic) bond motifs is 1. The molecule has 0 aliphatic carbocycles. The monoisotopic (exact) mass is 426 g/mol. The molecule has 31 heavy (non-hydrogen) atoms. The zero-order valence-electron chi connectivity index (χ0n) is 16.7. The van der Waals surface area contributed by atoms with Crippen LogP contribution in [0.1, 0.15) is 28.5 Å². The molecule has 0 saturated carbocycles. The van der Waals surface area contributed by atoms with E-state index in [0.29, 0.717) is 12.0 Å². The van der Waals surface area contributed by atoms with Crippen LogP contribution >= 0.6 is 0 Å². The molecule has 3 rings (SSSR count). The molecular weight excluding hydrogens is 407 g/mol. The molecule has 9 nitrogen and oxygen atoms in total. The minimum Gasteiger partial charge on any atom is -0.504 e. The Bertz CT molecular complexity index is 1160. The van der Waals surface area contributed by atoms with Crippen LogP contribution in [-0.2, 0) is 20.7 Å². The number of methoxy groups -OCH3 is 1. The summed E-state index contributed by atoms with van der Waals surface area (Å²) in [6, 6.07) is 7.59. The summed E-state index contributed by atoms with van der Waals surface area (Å²) in [4.78, 5) is 43.5. The molecule has 0 radical (unpaired) electrons. The fraction of sp³-hybridized carbons (Fsp3) is 0.190. The zero-order chi connectivity index (χ0) is 22.5. The average Bonchev–Trinajstić information content (AvgIpc) is 2.75. The number of rotatable bonds is 6. The number of carbonyl (C=O) groups excluding carboxylic acids is 3. The number of halogens is 1. The van der Waals surface area contributed by atoms with Gasteiger partial charge in [-0.05, 0) is 35.7 Å². The summed E-state index contributed by atoms with van der Waals surface area (Å²) in [6.45, 7) is 0.956. The van der Waals surface area contributed by atoms with E-state index in [1.807, 2.05) is 0 Å². The van der Waals surface area contributed by atoms with Gasteiger partial charge in [-0.2, -0.15) is 0 Å². The van der Waals surface area contributed by atoms with E-state index in [2.05, 4.69) is 25.3 Å². The molecule has 0 saturated heterocycles. The summed E-state index contributed by atoms with van der Waals surface area (Å²) < 4.78 is 17.8. The van der Waals surface area contributed by atoms with Gasteiger partial charge in [0.15, 0.2) is 11.4 Å². The third-order valence-corrected chi connectivity index (χ3v) is 4.33. The Morgan fingerprint density at radius 3 is 2.52 bits per heavy atom. The number of nitrogens with zero attached hydrogens (tertiary/aromatic N) is 2. The van der Waals surface area contributed by atoms with Crippen molar-refractivity contribution in [1.82, 2.24) is 15.3 Å². The fourth-order valence-electron chi connectivity index (χ4n) is 2.86. The third kappa shape index (κ3) is 5.10. The first-order valence-corrected chi connectivity index (χ1v) is 9.17. The van der Waals surface area contributed by atoms with E-state index in [1.54, 1.807) is 18.2 Å². The molecule has 1 aromatic carbocycles. The van der Waals surface area contributed by atoms with E-state index < -0.39 is 29.2 Å². The van der Waals surface area contributed by atoms with Crippen LogP contribution in [0.4, 0.5) is 10.2 Å². The Balaban J connectivity index is 2.04. The summed E-state index contributed by atoms with van der Waals surface area (Å²) >= 11 is 0. The van der Waals surface area contributed by atoms with Crippen LogP contribution in [0.15, 0.2) is 36.5 Å². The molecule has 0 spiro atoms. The molecular formula is C21H19FN4O5. The van der Waals surface area contributed by atoms with Gasteiger partial charge >= 0.3 is 5.97 Å². The second-order valence-corrected chi connectivity index (χ2v) is 6.65. The van der Waals surface area contributed by atoms with Gasteiger partial charge in [0.2, 0.25) is 11.8 Å². The van der Waals surface area contributed by atoms with Crippen LogP contribution in [-0.4, -0.2) is 46.5 Å². The molecule has 0 aliphatic rings. The molecule has 0 fully saturated rings. The van der Waals surface area contributed by atoms with Crippen molar-refractivity contribution in [2.24, 2.45) is 0 Å². The number of hydrogen-bond donors (Lipinski definition) is 3. The Morgan fingerprint density at radius 2 is 1.87 bits per heavy atom. The predicted molar refractivity (Wildman–Crippen MR) is 109 cm³/mol. The Morgan fingerprint density at radius 1 is 1.16 bits per heavy atom. The summed E-state index contributed by atoms with van der Waals surface area (Å²) in [5.41, 5.74) is 1.14.